The molecule has 29 heavy (non-hydrogen) atoms. The Labute approximate surface area is 167 Å². The second kappa shape index (κ2) is 8.20. The Bertz CT molecular complexity index is 1190. The van der Waals surface area contributed by atoms with Gasteiger partial charge in [0, 0.05) is 22.6 Å². The number of halogens is 1. The standard InChI is InChI=1S/C22H16FN5O/c1-14-9-18(15(2)28(14)19-6-3-16(11-24)4-7-19)13-26-27-22(29)20-8-5-17(12-25)10-21(20)23/h3-10,13H,1-2H3,(H,27,29). The van der Waals surface area contributed by atoms with E-state index in [2.05, 4.69) is 16.6 Å². The van der Waals surface area contributed by atoms with E-state index in [-0.39, 0.29) is 11.1 Å². The van der Waals surface area contributed by atoms with E-state index in [9.17, 15) is 9.18 Å². The lowest BCUT2D eigenvalue weighted by molar-refractivity contribution is 0.0951. The van der Waals surface area contributed by atoms with E-state index < -0.39 is 11.7 Å². The van der Waals surface area contributed by atoms with Crippen molar-refractivity contribution in [1.82, 2.24) is 9.99 Å². The molecule has 1 aromatic heterocycles. The molecule has 0 aliphatic carbocycles. The van der Waals surface area contributed by atoms with Gasteiger partial charge in [-0.05, 0) is 62.4 Å². The third-order valence-corrected chi connectivity index (χ3v) is 4.44. The van der Waals surface area contributed by atoms with Gasteiger partial charge in [0.25, 0.3) is 5.91 Å². The number of nitrogens with one attached hydrogen (secondary N) is 1. The first-order chi connectivity index (χ1) is 13.9. The van der Waals surface area contributed by atoms with Crippen LogP contribution in [0.2, 0.25) is 0 Å². The maximum Gasteiger partial charge on any atom is 0.274 e. The van der Waals surface area contributed by atoms with Gasteiger partial charge < -0.3 is 4.57 Å². The SMILES string of the molecule is Cc1cc(C=NNC(=O)c2ccc(C#N)cc2F)c(C)n1-c1ccc(C#N)cc1. The average molecular weight is 385 g/mol. The van der Waals surface area contributed by atoms with Crippen molar-refractivity contribution in [2.75, 3.05) is 0 Å². The molecule has 0 spiro atoms. The monoisotopic (exact) mass is 385 g/mol. The van der Waals surface area contributed by atoms with Gasteiger partial charge in [0.05, 0.1) is 35.0 Å². The van der Waals surface area contributed by atoms with Crippen LogP contribution in [0.4, 0.5) is 4.39 Å². The third kappa shape index (κ3) is 4.05. The highest BCUT2D eigenvalue weighted by atomic mass is 19.1. The van der Waals surface area contributed by atoms with Crippen molar-refractivity contribution in [3.05, 3.63) is 88.0 Å². The minimum atomic E-state index is -0.782. The summed E-state index contributed by atoms with van der Waals surface area (Å²) in [7, 11) is 0. The summed E-state index contributed by atoms with van der Waals surface area (Å²) >= 11 is 0. The summed E-state index contributed by atoms with van der Waals surface area (Å²) in [6, 6.07) is 16.6. The number of nitriles is 2. The molecule has 0 radical (unpaired) electrons. The Morgan fingerprint density at radius 2 is 1.72 bits per heavy atom. The molecule has 6 nitrogen and oxygen atoms in total. The molecule has 7 heteroatoms. The minimum absolute atomic E-state index is 0.137. The van der Waals surface area contributed by atoms with E-state index in [0.29, 0.717) is 5.56 Å². The van der Waals surface area contributed by atoms with Crippen LogP contribution in [0.15, 0.2) is 53.6 Å². The fraction of sp³-hybridized carbons (Fsp3) is 0.0909. The fourth-order valence-electron chi connectivity index (χ4n) is 2.99. The number of nitrogens with zero attached hydrogens (tertiary/aromatic N) is 4. The van der Waals surface area contributed by atoms with Crippen molar-refractivity contribution in [1.29, 1.82) is 10.5 Å². The van der Waals surface area contributed by atoms with E-state index in [1.807, 2.05) is 42.7 Å². The number of aromatic nitrogens is 1. The van der Waals surface area contributed by atoms with Crippen LogP contribution in [0, 0.1) is 42.3 Å². The molecule has 0 fully saturated rings. The molecule has 0 aliphatic heterocycles. The Hall–Kier alpha value is -4.23. The van der Waals surface area contributed by atoms with Crippen molar-refractivity contribution < 1.29 is 9.18 Å². The van der Waals surface area contributed by atoms with Crippen LogP contribution in [-0.4, -0.2) is 16.7 Å². The molecule has 0 bridgehead atoms. The summed E-state index contributed by atoms with van der Waals surface area (Å²) < 4.78 is 15.9. The van der Waals surface area contributed by atoms with E-state index in [4.69, 9.17) is 10.5 Å². The van der Waals surface area contributed by atoms with Crippen LogP contribution in [0.3, 0.4) is 0 Å². The summed E-state index contributed by atoms with van der Waals surface area (Å²) in [5.41, 5.74) is 6.37. The summed E-state index contributed by atoms with van der Waals surface area (Å²) in [6.07, 6.45) is 1.49. The van der Waals surface area contributed by atoms with Crippen LogP contribution >= 0.6 is 0 Å². The van der Waals surface area contributed by atoms with Crippen molar-refractivity contribution in [2.24, 2.45) is 5.10 Å². The Morgan fingerprint density at radius 1 is 1.07 bits per heavy atom. The first-order valence-electron chi connectivity index (χ1n) is 8.67. The van der Waals surface area contributed by atoms with Gasteiger partial charge in [-0.3, -0.25) is 4.79 Å². The van der Waals surface area contributed by atoms with Gasteiger partial charge in [0.2, 0.25) is 0 Å². The van der Waals surface area contributed by atoms with Gasteiger partial charge in [-0.1, -0.05) is 0 Å². The molecule has 0 saturated heterocycles. The van der Waals surface area contributed by atoms with Gasteiger partial charge in [-0.2, -0.15) is 15.6 Å². The Balaban J connectivity index is 1.79. The fourth-order valence-corrected chi connectivity index (χ4v) is 2.99. The van der Waals surface area contributed by atoms with E-state index in [1.54, 1.807) is 12.1 Å². The summed E-state index contributed by atoms with van der Waals surface area (Å²) in [5, 5.41) is 21.6. The number of hydrazone groups is 1. The molecule has 1 amide bonds. The molecule has 3 rings (SSSR count). The largest absolute Gasteiger partial charge is 0.318 e. The lowest BCUT2D eigenvalue weighted by Gasteiger charge is -2.09. The molecular formula is C22H16FN5O. The normalized spacial score (nSPS) is 10.5. The van der Waals surface area contributed by atoms with Crippen molar-refractivity contribution in [3.8, 4) is 17.8 Å². The molecule has 0 unspecified atom stereocenters. The maximum absolute atomic E-state index is 13.9. The molecule has 3 aromatic rings. The number of hydrogen-bond donors (Lipinski definition) is 1. The van der Waals surface area contributed by atoms with E-state index in [0.717, 1.165) is 28.7 Å². The lowest BCUT2D eigenvalue weighted by Crippen LogP contribution is -2.19. The molecule has 0 aliphatic rings. The molecule has 0 saturated carbocycles. The summed E-state index contributed by atoms with van der Waals surface area (Å²) in [5.74, 6) is -1.49. The highest BCUT2D eigenvalue weighted by molar-refractivity contribution is 5.95. The van der Waals surface area contributed by atoms with Crippen LogP contribution in [0.25, 0.3) is 5.69 Å². The maximum atomic E-state index is 13.9. The van der Waals surface area contributed by atoms with E-state index >= 15 is 0 Å². The first kappa shape index (κ1) is 19.5. The minimum Gasteiger partial charge on any atom is -0.318 e. The van der Waals surface area contributed by atoms with Crippen molar-refractivity contribution >= 4 is 12.1 Å². The zero-order valence-corrected chi connectivity index (χ0v) is 15.8. The van der Waals surface area contributed by atoms with Gasteiger partial charge in [0.15, 0.2) is 0 Å². The van der Waals surface area contributed by atoms with Crippen LogP contribution in [0.1, 0.15) is 38.4 Å². The van der Waals surface area contributed by atoms with Crippen LogP contribution in [0.5, 0.6) is 0 Å². The topological polar surface area (TPSA) is 94.0 Å². The second-order valence-electron chi connectivity index (χ2n) is 6.33. The molecule has 142 valence electrons. The predicted molar refractivity (Wildman–Crippen MR) is 106 cm³/mol. The van der Waals surface area contributed by atoms with Gasteiger partial charge >= 0.3 is 0 Å². The Kier molecular flexibility index (Phi) is 5.52. The first-order valence-corrected chi connectivity index (χ1v) is 8.67. The highest BCUT2D eigenvalue weighted by Gasteiger charge is 2.12. The molecular weight excluding hydrogens is 369 g/mol. The highest BCUT2D eigenvalue weighted by Crippen LogP contribution is 2.20. The zero-order valence-electron chi connectivity index (χ0n) is 15.8. The zero-order chi connectivity index (χ0) is 21.0. The predicted octanol–water partition coefficient (Wildman–Crippen LogP) is 3.74. The number of rotatable bonds is 4. The van der Waals surface area contributed by atoms with Crippen LogP contribution < -0.4 is 5.43 Å². The lowest BCUT2D eigenvalue weighted by atomic mass is 10.1. The second-order valence-corrected chi connectivity index (χ2v) is 6.33. The van der Waals surface area contributed by atoms with Gasteiger partial charge in [0.1, 0.15) is 5.82 Å². The molecule has 2 aromatic carbocycles. The number of hydrogen-bond acceptors (Lipinski definition) is 4. The molecule has 1 heterocycles. The third-order valence-electron chi connectivity index (χ3n) is 4.44. The van der Waals surface area contributed by atoms with Crippen LogP contribution in [-0.2, 0) is 0 Å². The molecule has 0 atom stereocenters. The quantitative estimate of drug-likeness (QED) is 0.547. The number of aryl methyl sites for hydroxylation is 1. The van der Waals surface area contributed by atoms with E-state index in [1.165, 1.54) is 18.3 Å². The summed E-state index contributed by atoms with van der Waals surface area (Å²) in [4.78, 5) is 12.1. The summed E-state index contributed by atoms with van der Waals surface area (Å²) in [6.45, 7) is 3.85. The number of amides is 1. The number of carbonyl (C=O) groups is 1. The van der Waals surface area contributed by atoms with Crippen molar-refractivity contribution in [2.45, 2.75) is 13.8 Å². The number of carbonyl (C=O) groups excluding carboxylic acids is 1. The molecule has 1 N–H and O–H groups in total. The average Bonchev–Trinajstić information content (AvgIpc) is 3.01. The van der Waals surface area contributed by atoms with Crippen molar-refractivity contribution in [3.63, 3.8) is 0 Å². The number of benzene rings is 2. The van der Waals surface area contributed by atoms with Gasteiger partial charge in [-0.15, -0.1) is 0 Å². The smallest absolute Gasteiger partial charge is 0.274 e. The van der Waals surface area contributed by atoms with Gasteiger partial charge in [-0.25, -0.2) is 9.82 Å². The Morgan fingerprint density at radius 3 is 2.34 bits per heavy atom.